The minimum atomic E-state index is -4.22. The van der Waals surface area contributed by atoms with E-state index in [2.05, 4.69) is 20.9 Å². The molecule has 1 aromatic carbocycles. The molecule has 0 fully saturated rings. The third kappa shape index (κ3) is 8.40. The summed E-state index contributed by atoms with van der Waals surface area (Å²) < 4.78 is 36.4. The number of rotatable bonds is 7. The number of carbonyl (C=O) groups excluding carboxylic acids is 1. The molecule has 0 radical (unpaired) electrons. The molecule has 0 atom stereocenters. The molecular formula is C16H23F3N4O. The van der Waals surface area contributed by atoms with Crippen LogP contribution in [0.15, 0.2) is 29.3 Å². The second-order valence-corrected chi connectivity index (χ2v) is 5.18. The molecule has 8 heteroatoms. The minimum Gasteiger partial charge on any atom is -0.357 e. The first-order chi connectivity index (χ1) is 11.3. The number of carbonyl (C=O) groups is 1. The number of nitrogens with zero attached hydrogens (tertiary/aromatic N) is 1. The number of hydrogen-bond donors (Lipinski definition) is 3. The van der Waals surface area contributed by atoms with E-state index in [0.29, 0.717) is 31.2 Å². The number of guanidine groups is 1. The standard InChI is InChI=1S/C16H23F3N4O/c1-3-20-15(22-8-7-16(17,18)19)23-10-9-21-14(24)13-6-4-5-12(2)11-13/h4-6,11H,3,7-10H2,1-2H3,(H,21,24)(H2,20,22,23). The molecule has 0 aliphatic rings. The zero-order valence-corrected chi connectivity index (χ0v) is 13.8. The van der Waals surface area contributed by atoms with Crippen molar-refractivity contribution in [1.82, 2.24) is 16.0 Å². The van der Waals surface area contributed by atoms with Gasteiger partial charge in [-0.3, -0.25) is 9.79 Å². The average Bonchev–Trinajstić information content (AvgIpc) is 2.50. The number of benzene rings is 1. The molecule has 1 aromatic rings. The molecule has 1 rings (SSSR count). The number of aliphatic imine (C=N–C) groups is 1. The Morgan fingerprint density at radius 3 is 2.50 bits per heavy atom. The van der Waals surface area contributed by atoms with Crippen molar-refractivity contribution in [3.05, 3.63) is 35.4 Å². The van der Waals surface area contributed by atoms with Gasteiger partial charge in [0.05, 0.1) is 13.0 Å². The summed E-state index contributed by atoms with van der Waals surface area (Å²) in [6, 6.07) is 7.21. The zero-order chi connectivity index (χ0) is 18.0. The maximum Gasteiger partial charge on any atom is 0.390 e. The van der Waals surface area contributed by atoms with Crippen molar-refractivity contribution in [3.63, 3.8) is 0 Å². The first kappa shape index (κ1) is 19.8. The highest BCUT2D eigenvalue weighted by Crippen LogP contribution is 2.18. The summed E-state index contributed by atoms with van der Waals surface area (Å²) in [6.45, 7) is 4.60. The highest BCUT2D eigenvalue weighted by atomic mass is 19.4. The van der Waals surface area contributed by atoms with E-state index in [-0.39, 0.29) is 12.5 Å². The Bertz CT molecular complexity index is 558. The van der Waals surface area contributed by atoms with E-state index in [1.165, 1.54) is 0 Å². The van der Waals surface area contributed by atoms with Crippen molar-refractivity contribution in [3.8, 4) is 0 Å². The lowest BCUT2D eigenvalue weighted by molar-refractivity contribution is -0.132. The van der Waals surface area contributed by atoms with Crippen molar-refractivity contribution < 1.29 is 18.0 Å². The Kier molecular flexibility index (Phi) is 8.08. The number of hydrogen-bond acceptors (Lipinski definition) is 2. The molecule has 1 amide bonds. The molecule has 0 saturated carbocycles. The van der Waals surface area contributed by atoms with Gasteiger partial charge in [-0.2, -0.15) is 13.2 Å². The van der Waals surface area contributed by atoms with Crippen LogP contribution in [0.25, 0.3) is 0 Å². The van der Waals surface area contributed by atoms with E-state index in [1.807, 2.05) is 19.9 Å². The van der Waals surface area contributed by atoms with Gasteiger partial charge in [0.15, 0.2) is 5.96 Å². The molecule has 0 bridgehead atoms. The van der Waals surface area contributed by atoms with Crippen molar-refractivity contribution in [1.29, 1.82) is 0 Å². The summed E-state index contributed by atoms with van der Waals surface area (Å²) in [6.07, 6.45) is -5.18. The van der Waals surface area contributed by atoms with Gasteiger partial charge in [-0.1, -0.05) is 17.7 Å². The highest BCUT2D eigenvalue weighted by molar-refractivity contribution is 5.94. The molecular weight excluding hydrogens is 321 g/mol. The van der Waals surface area contributed by atoms with Crippen LogP contribution < -0.4 is 16.0 Å². The number of nitrogens with one attached hydrogen (secondary N) is 3. The van der Waals surface area contributed by atoms with Crippen molar-refractivity contribution >= 4 is 11.9 Å². The number of aryl methyl sites for hydroxylation is 1. The molecule has 5 nitrogen and oxygen atoms in total. The maximum absolute atomic E-state index is 12.1. The fourth-order valence-electron chi connectivity index (χ4n) is 1.88. The summed E-state index contributed by atoms with van der Waals surface area (Å²) in [7, 11) is 0. The smallest absolute Gasteiger partial charge is 0.357 e. The van der Waals surface area contributed by atoms with E-state index in [1.54, 1.807) is 18.2 Å². The predicted molar refractivity (Wildman–Crippen MR) is 88.2 cm³/mol. The van der Waals surface area contributed by atoms with E-state index < -0.39 is 12.6 Å². The minimum absolute atomic E-state index is 0.195. The van der Waals surface area contributed by atoms with Crippen LogP contribution in [0.5, 0.6) is 0 Å². The molecule has 0 aromatic heterocycles. The van der Waals surface area contributed by atoms with Gasteiger partial charge in [0, 0.05) is 25.2 Å². The monoisotopic (exact) mass is 344 g/mol. The summed E-state index contributed by atoms with van der Waals surface area (Å²) in [5.74, 6) is 0.103. The summed E-state index contributed by atoms with van der Waals surface area (Å²) in [5.41, 5.74) is 1.56. The van der Waals surface area contributed by atoms with Crippen LogP contribution in [0, 0.1) is 6.92 Å². The van der Waals surface area contributed by atoms with Gasteiger partial charge in [0.25, 0.3) is 5.91 Å². The molecule has 3 N–H and O–H groups in total. The Hall–Kier alpha value is -2.25. The number of halogens is 3. The van der Waals surface area contributed by atoms with Gasteiger partial charge in [-0.25, -0.2) is 0 Å². The third-order valence-corrected chi connectivity index (χ3v) is 2.99. The first-order valence-corrected chi connectivity index (χ1v) is 7.75. The topological polar surface area (TPSA) is 65.5 Å². The van der Waals surface area contributed by atoms with Crippen LogP contribution in [-0.4, -0.2) is 44.2 Å². The number of amides is 1. The summed E-state index contributed by atoms with van der Waals surface area (Å²) >= 11 is 0. The van der Waals surface area contributed by atoms with Crippen LogP contribution in [-0.2, 0) is 0 Å². The molecule has 134 valence electrons. The Balaban J connectivity index is 2.37. The molecule has 0 heterocycles. The molecule has 0 aliphatic heterocycles. The molecule has 0 unspecified atom stereocenters. The van der Waals surface area contributed by atoms with Crippen LogP contribution in [0.1, 0.15) is 29.3 Å². The fraction of sp³-hybridized carbons (Fsp3) is 0.500. The maximum atomic E-state index is 12.1. The quantitative estimate of drug-likeness (QED) is 0.404. The summed E-state index contributed by atoms with van der Waals surface area (Å²) in [5, 5.41) is 8.48. The van der Waals surface area contributed by atoms with Crippen LogP contribution >= 0.6 is 0 Å². The average molecular weight is 344 g/mol. The van der Waals surface area contributed by atoms with E-state index in [9.17, 15) is 18.0 Å². The predicted octanol–water partition coefficient (Wildman–Crippen LogP) is 2.23. The van der Waals surface area contributed by atoms with Crippen molar-refractivity contribution in [2.45, 2.75) is 26.4 Å². The molecule has 24 heavy (non-hydrogen) atoms. The van der Waals surface area contributed by atoms with Crippen LogP contribution in [0.3, 0.4) is 0 Å². The largest absolute Gasteiger partial charge is 0.390 e. The lowest BCUT2D eigenvalue weighted by atomic mass is 10.1. The Labute approximate surface area is 139 Å². The fourth-order valence-corrected chi connectivity index (χ4v) is 1.88. The normalized spacial score (nSPS) is 12.0. The van der Waals surface area contributed by atoms with Crippen LogP contribution in [0.4, 0.5) is 13.2 Å². The van der Waals surface area contributed by atoms with Gasteiger partial charge in [-0.05, 0) is 26.0 Å². The molecule has 0 saturated heterocycles. The van der Waals surface area contributed by atoms with Crippen LogP contribution in [0.2, 0.25) is 0 Å². The lowest BCUT2D eigenvalue weighted by Crippen LogP contribution is -2.41. The zero-order valence-electron chi connectivity index (χ0n) is 13.8. The van der Waals surface area contributed by atoms with Crippen molar-refractivity contribution in [2.75, 3.05) is 26.2 Å². The highest BCUT2D eigenvalue weighted by Gasteiger charge is 2.26. The van der Waals surface area contributed by atoms with Gasteiger partial charge >= 0.3 is 6.18 Å². The Morgan fingerprint density at radius 2 is 1.88 bits per heavy atom. The lowest BCUT2D eigenvalue weighted by Gasteiger charge is -2.12. The van der Waals surface area contributed by atoms with E-state index in [0.717, 1.165) is 5.56 Å². The van der Waals surface area contributed by atoms with Gasteiger partial charge < -0.3 is 16.0 Å². The number of alkyl halides is 3. The van der Waals surface area contributed by atoms with Gasteiger partial charge in [0.1, 0.15) is 0 Å². The first-order valence-electron chi connectivity index (χ1n) is 7.75. The molecule has 0 aliphatic carbocycles. The summed E-state index contributed by atoms with van der Waals surface area (Å²) in [4.78, 5) is 15.8. The van der Waals surface area contributed by atoms with E-state index >= 15 is 0 Å². The second-order valence-electron chi connectivity index (χ2n) is 5.18. The van der Waals surface area contributed by atoms with Gasteiger partial charge in [0.2, 0.25) is 0 Å². The van der Waals surface area contributed by atoms with Crippen molar-refractivity contribution in [2.24, 2.45) is 4.99 Å². The van der Waals surface area contributed by atoms with E-state index in [4.69, 9.17) is 0 Å². The third-order valence-electron chi connectivity index (χ3n) is 2.99. The molecule has 0 spiro atoms. The SMILES string of the molecule is CCNC(=NCCC(F)(F)F)NCCNC(=O)c1cccc(C)c1. The second kappa shape index (κ2) is 9.79. The Morgan fingerprint density at radius 1 is 1.17 bits per heavy atom. The van der Waals surface area contributed by atoms with Gasteiger partial charge in [-0.15, -0.1) is 0 Å².